The number of ether oxygens (including phenoxy) is 1. The summed E-state index contributed by atoms with van der Waals surface area (Å²) in [5, 5.41) is 7.57. The molecule has 0 aliphatic heterocycles. The molecule has 5 heteroatoms. The van der Waals surface area contributed by atoms with Crippen LogP contribution in [-0.4, -0.2) is 29.0 Å². The largest absolute Gasteiger partial charge is 0.394 e. The second kappa shape index (κ2) is 4.10. The van der Waals surface area contributed by atoms with Crippen molar-refractivity contribution in [1.29, 1.82) is 0 Å². The minimum absolute atomic E-state index is 0.164. The Morgan fingerprint density at radius 2 is 2.13 bits per heavy atom. The van der Waals surface area contributed by atoms with Crippen molar-refractivity contribution in [3.8, 4) is 0 Å². The maximum absolute atomic E-state index is 5.92. The van der Waals surface area contributed by atoms with Gasteiger partial charge in [0.15, 0.2) is 0 Å². The Kier molecular flexibility index (Phi) is 3.24. The summed E-state index contributed by atoms with van der Waals surface area (Å²) in [4.78, 5) is 0. The van der Waals surface area contributed by atoms with E-state index in [-0.39, 0.29) is 5.54 Å². The smallest absolute Gasteiger partial charge is 0.148 e. The first-order valence-electron chi connectivity index (χ1n) is 4.93. The van der Waals surface area contributed by atoms with Gasteiger partial charge in [-0.3, -0.25) is 4.68 Å². The topological polar surface area (TPSA) is 65.1 Å². The summed E-state index contributed by atoms with van der Waals surface area (Å²) in [6.07, 6.45) is 0. The van der Waals surface area contributed by atoms with Crippen LogP contribution in [0.4, 0.5) is 11.5 Å². The first kappa shape index (κ1) is 11.8. The van der Waals surface area contributed by atoms with Gasteiger partial charge in [0.05, 0.1) is 23.5 Å². The van der Waals surface area contributed by atoms with Gasteiger partial charge in [0.1, 0.15) is 5.82 Å². The van der Waals surface area contributed by atoms with Crippen LogP contribution in [0.15, 0.2) is 0 Å². The Labute approximate surface area is 90.6 Å². The van der Waals surface area contributed by atoms with Crippen LogP contribution in [0.5, 0.6) is 0 Å². The van der Waals surface area contributed by atoms with Gasteiger partial charge in [-0.1, -0.05) is 0 Å². The number of hydrogen-bond acceptors (Lipinski definition) is 4. The van der Waals surface area contributed by atoms with Crippen LogP contribution in [0, 0.1) is 6.92 Å². The lowest BCUT2D eigenvalue weighted by atomic mass is 10.1. The molecule has 3 N–H and O–H groups in total. The molecule has 1 aromatic heterocycles. The lowest BCUT2D eigenvalue weighted by molar-refractivity contribution is 0.158. The van der Waals surface area contributed by atoms with E-state index in [1.54, 1.807) is 11.8 Å². The molecule has 0 fully saturated rings. The fourth-order valence-electron chi connectivity index (χ4n) is 1.54. The van der Waals surface area contributed by atoms with Crippen molar-refractivity contribution in [2.75, 3.05) is 24.8 Å². The summed E-state index contributed by atoms with van der Waals surface area (Å²) in [5.74, 6) is 0.842. The van der Waals surface area contributed by atoms with Crippen LogP contribution < -0.4 is 11.1 Å². The molecule has 0 aliphatic carbocycles. The highest BCUT2D eigenvalue weighted by molar-refractivity contribution is 5.65. The lowest BCUT2D eigenvalue weighted by Gasteiger charge is -2.26. The van der Waals surface area contributed by atoms with Crippen LogP contribution in [0.2, 0.25) is 0 Å². The molecule has 0 amide bonds. The van der Waals surface area contributed by atoms with Crippen molar-refractivity contribution in [2.45, 2.75) is 26.3 Å². The molecule has 86 valence electrons. The van der Waals surface area contributed by atoms with E-state index in [0.29, 0.717) is 12.3 Å². The number of anilines is 2. The molecule has 0 unspecified atom stereocenters. The SMILES string of the molecule is COCC(C)(C)Nc1c(N)c(C)nn1C. The zero-order valence-electron chi connectivity index (χ0n) is 10.1. The van der Waals surface area contributed by atoms with Crippen LogP contribution >= 0.6 is 0 Å². The summed E-state index contributed by atoms with van der Waals surface area (Å²) < 4.78 is 6.88. The Bertz CT molecular complexity index is 343. The summed E-state index contributed by atoms with van der Waals surface area (Å²) in [6, 6.07) is 0. The van der Waals surface area contributed by atoms with Gasteiger partial charge in [-0.2, -0.15) is 5.10 Å². The predicted molar refractivity (Wildman–Crippen MR) is 61.9 cm³/mol. The van der Waals surface area contributed by atoms with E-state index in [2.05, 4.69) is 24.3 Å². The number of nitrogens with zero attached hydrogens (tertiary/aromatic N) is 2. The minimum Gasteiger partial charge on any atom is -0.394 e. The van der Waals surface area contributed by atoms with Gasteiger partial charge in [-0.25, -0.2) is 0 Å². The van der Waals surface area contributed by atoms with Crippen molar-refractivity contribution in [3.05, 3.63) is 5.69 Å². The molecule has 0 radical (unpaired) electrons. The molecule has 0 atom stereocenters. The Hall–Kier alpha value is -1.23. The number of hydrogen-bond donors (Lipinski definition) is 2. The standard InChI is InChI=1S/C10H20N4O/c1-7-8(11)9(14(4)13-7)12-10(2,3)6-15-5/h12H,6,11H2,1-5H3. The molecular formula is C10H20N4O. The zero-order valence-corrected chi connectivity index (χ0v) is 10.1. The molecule has 0 aliphatic rings. The number of nitrogens with two attached hydrogens (primary N) is 1. The number of aromatic nitrogens is 2. The normalized spacial score (nSPS) is 11.8. The van der Waals surface area contributed by atoms with Crippen molar-refractivity contribution in [2.24, 2.45) is 7.05 Å². The Morgan fingerprint density at radius 1 is 1.53 bits per heavy atom. The molecule has 1 rings (SSSR count). The van der Waals surface area contributed by atoms with Gasteiger partial charge >= 0.3 is 0 Å². The fraction of sp³-hybridized carbons (Fsp3) is 0.700. The number of nitrogens with one attached hydrogen (secondary N) is 1. The molecule has 1 heterocycles. The summed E-state index contributed by atoms with van der Waals surface area (Å²) in [6.45, 7) is 6.61. The monoisotopic (exact) mass is 212 g/mol. The van der Waals surface area contributed by atoms with Gasteiger partial charge in [0, 0.05) is 14.2 Å². The van der Waals surface area contributed by atoms with Gasteiger partial charge < -0.3 is 15.8 Å². The summed E-state index contributed by atoms with van der Waals surface area (Å²) in [5.41, 5.74) is 7.29. The quantitative estimate of drug-likeness (QED) is 0.785. The number of nitrogen functional groups attached to an aromatic ring is 1. The lowest BCUT2D eigenvalue weighted by Crippen LogP contribution is -2.36. The van der Waals surface area contributed by atoms with Crippen LogP contribution in [0.3, 0.4) is 0 Å². The van der Waals surface area contributed by atoms with Gasteiger partial charge in [-0.15, -0.1) is 0 Å². The average Bonchev–Trinajstić information content (AvgIpc) is 2.32. The molecule has 0 bridgehead atoms. The molecule has 0 saturated heterocycles. The third-order valence-electron chi connectivity index (χ3n) is 2.23. The number of methoxy groups -OCH3 is 1. The minimum atomic E-state index is -0.164. The van der Waals surface area contributed by atoms with Gasteiger partial charge in [0.25, 0.3) is 0 Å². The second-order valence-corrected chi connectivity index (χ2v) is 4.41. The molecule has 15 heavy (non-hydrogen) atoms. The second-order valence-electron chi connectivity index (χ2n) is 4.41. The van der Waals surface area contributed by atoms with E-state index >= 15 is 0 Å². The molecule has 0 spiro atoms. The highest BCUT2D eigenvalue weighted by atomic mass is 16.5. The van der Waals surface area contributed by atoms with E-state index in [9.17, 15) is 0 Å². The Balaban J connectivity index is 2.89. The highest BCUT2D eigenvalue weighted by Gasteiger charge is 2.21. The number of rotatable bonds is 4. The molecular weight excluding hydrogens is 192 g/mol. The molecule has 1 aromatic rings. The third-order valence-corrected chi connectivity index (χ3v) is 2.23. The van der Waals surface area contributed by atoms with Gasteiger partial charge in [-0.05, 0) is 20.8 Å². The molecule has 5 nitrogen and oxygen atoms in total. The molecule has 0 aromatic carbocycles. The summed E-state index contributed by atoms with van der Waals surface area (Å²) in [7, 11) is 3.55. The fourth-order valence-corrected chi connectivity index (χ4v) is 1.54. The van der Waals surface area contributed by atoms with Crippen LogP contribution in [0.1, 0.15) is 19.5 Å². The van der Waals surface area contributed by atoms with E-state index in [4.69, 9.17) is 10.5 Å². The van der Waals surface area contributed by atoms with Crippen molar-refractivity contribution < 1.29 is 4.74 Å². The maximum Gasteiger partial charge on any atom is 0.148 e. The number of aryl methyl sites for hydroxylation is 2. The first-order chi connectivity index (χ1) is 6.87. The first-order valence-corrected chi connectivity index (χ1v) is 4.93. The van der Waals surface area contributed by atoms with E-state index in [1.165, 1.54) is 0 Å². The third kappa shape index (κ3) is 2.62. The van der Waals surface area contributed by atoms with Crippen molar-refractivity contribution >= 4 is 11.5 Å². The summed E-state index contributed by atoms with van der Waals surface area (Å²) >= 11 is 0. The van der Waals surface area contributed by atoms with Crippen LogP contribution in [0.25, 0.3) is 0 Å². The van der Waals surface area contributed by atoms with Crippen molar-refractivity contribution in [1.82, 2.24) is 9.78 Å². The van der Waals surface area contributed by atoms with E-state index in [0.717, 1.165) is 11.5 Å². The van der Waals surface area contributed by atoms with E-state index < -0.39 is 0 Å². The van der Waals surface area contributed by atoms with Crippen molar-refractivity contribution in [3.63, 3.8) is 0 Å². The highest BCUT2D eigenvalue weighted by Crippen LogP contribution is 2.24. The zero-order chi connectivity index (χ0) is 11.6. The predicted octanol–water partition coefficient (Wildman–Crippen LogP) is 1.15. The van der Waals surface area contributed by atoms with Gasteiger partial charge in [0.2, 0.25) is 0 Å². The van der Waals surface area contributed by atoms with E-state index in [1.807, 2.05) is 14.0 Å². The Morgan fingerprint density at radius 3 is 2.53 bits per heavy atom. The molecule has 0 saturated carbocycles. The average molecular weight is 212 g/mol. The van der Waals surface area contributed by atoms with Crippen LogP contribution in [-0.2, 0) is 11.8 Å². The maximum atomic E-state index is 5.92.